The lowest BCUT2D eigenvalue weighted by Crippen LogP contribution is -2.33. The van der Waals surface area contributed by atoms with Crippen LogP contribution in [-0.2, 0) is 18.3 Å². The molecular formula is C20H25N5O. The molecule has 1 atom stereocenters. The molecule has 0 spiro atoms. The number of nitrogens with zero attached hydrogens (tertiary/aromatic N) is 4. The first-order valence-corrected chi connectivity index (χ1v) is 9.17. The first-order valence-electron chi connectivity index (χ1n) is 9.17. The number of imidazole rings is 2. The van der Waals surface area contributed by atoms with E-state index in [4.69, 9.17) is 4.74 Å². The zero-order valence-corrected chi connectivity index (χ0v) is 15.1. The maximum atomic E-state index is 5.55. The Morgan fingerprint density at radius 2 is 1.96 bits per heavy atom. The van der Waals surface area contributed by atoms with Crippen LogP contribution in [0.25, 0.3) is 5.69 Å². The topological polar surface area (TPSA) is 56.9 Å². The van der Waals surface area contributed by atoms with Gasteiger partial charge in [-0.2, -0.15) is 0 Å². The van der Waals surface area contributed by atoms with Gasteiger partial charge in [0.15, 0.2) is 0 Å². The summed E-state index contributed by atoms with van der Waals surface area (Å²) in [6.07, 6.45) is 11.6. The maximum Gasteiger partial charge on any atom is 0.125 e. The van der Waals surface area contributed by atoms with Crippen LogP contribution >= 0.6 is 0 Å². The summed E-state index contributed by atoms with van der Waals surface area (Å²) >= 11 is 0. The van der Waals surface area contributed by atoms with Gasteiger partial charge in [0.1, 0.15) is 5.82 Å². The Morgan fingerprint density at radius 3 is 2.62 bits per heavy atom. The third-order valence-corrected chi connectivity index (χ3v) is 5.14. The van der Waals surface area contributed by atoms with Crippen molar-refractivity contribution in [2.24, 2.45) is 13.0 Å². The summed E-state index contributed by atoms with van der Waals surface area (Å²) in [6.45, 7) is 2.50. The number of nitrogens with one attached hydrogen (secondary N) is 1. The Bertz CT molecular complexity index is 803. The molecule has 1 fully saturated rings. The third kappa shape index (κ3) is 3.71. The Hall–Kier alpha value is -2.44. The second-order valence-electron chi connectivity index (χ2n) is 6.84. The van der Waals surface area contributed by atoms with Gasteiger partial charge in [-0.05, 0) is 36.5 Å². The van der Waals surface area contributed by atoms with Gasteiger partial charge in [0.25, 0.3) is 0 Å². The molecule has 6 heteroatoms. The molecule has 0 saturated carbocycles. The van der Waals surface area contributed by atoms with Crippen molar-refractivity contribution in [2.45, 2.75) is 25.4 Å². The normalized spacial score (nSPS) is 16.7. The van der Waals surface area contributed by atoms with Gasteiger partial charge in [-0.15, -0.1) is 0 Å². The van der Waals surface area contributed by atoms with Crippen LogP contribution in [-0.4, -0.2) is 32.3 Å². The summed E-state index contributed by atoms with van der Waals surface area (Å²) in [5.41, 5.74) is 2.39. The zero-order valence-electron chi connectivity index (χ0n) is 15.1. The number of hydrogen-bond donors (Lipinski definition) is 1. The molecule has 6 nitrogen and oxygen atoms in total. The van der Waals surface area contributed by atoms with Crippen LogP contribution in [0.5, 0.6) is 0 Å². The van der Waals surface area contributed by atoms with Crippen molar-refractivity contribution in [1.82, 2.24) is 24.4 Å². The summed E-state index contributed by atoms with van der Waals surface area (Å²) in [4.78, 5) is 8.70. The van der Waals surface area contributed by atoms with Gasteiger partial charge in [-0.25, -0.2) is 9.97 Å². The maximum absolute atomic E-state index is 5.55. The smallest absolute Gasteiger partial charge is 0.125 e. The molecule has 0 radical (unpaired) electrons. The molecule has 1 aromatic carbocycles. The fourth-order valence-electron chi connectivity index (χ4n) is 3.62. The highest BCUT2D eigenvalue weighted by molar-refractivity contribution is 5.34. The molecule has 3 aromatic rings. The number of hydrogen-bond acceptors (Lipinski definition) is 4. The van der Waals surface area contributed by atoms with E-state index in [9.17, 15) is 0 Å². The fourth-order valence-corrected chi connectivity index (χ4v) is 3.62. The Balaban J connectivity index is 1.46. The summed E-state index contributed by atoms with van der Waals surface area (Å²) in [5, 5.41) is 3.75. The van der Waals surface area contributed by atoms with E-state index in [1.165, 1.54) is 5.56 Å². The van der Waals surface area contributed by atoms with Gasteiger partial charge in [-0.3, -0.25) is 0 Å². The minimum absolute atomic E-state index is 0.243. The summed E-state index contributed by atoms with van der Waals surface area (Å²) in [7, 11) is 2.07. The van der Waals surface area contributed by atoms with Crippen molar-refractivity contribution >= 4 is 0 Å². The molecule has 0 bridgehead atoms. The number of aromatic nitrogens is 4. The predicted molar refractivity (Wildman–Crippen MR) is 99.9 cm³/mol. The van der Waals surface area contributed by atoms with Crippen LogP contribution in [0.4, 0.5) is 0 Å². The van der Waals surface area contributed by atoms with Crippen molar-refractivity contribution in [1.29, 1.82) is 0 Å². The Morgan fingerprint density at radius 1 is 1.15 bits per heavy atom. The standard InChI is InChI=1S/C20H25N5O/c1-24-10-9-22-20(24)19(17-6-12-26-13-7-17)23-14-16-2-4-18(5-3-16)25-11-8-21-15-25/h2-5,8-11,15,17,19,23H,6-7,12-14H2,1H3. The molecule has 4 rings (SSSR count). The summed E-state index contributed by atoms with van der Waals surface area (Å²) < 4.78 is 9.68. The Labute approximate surface area is 153 Å². The van der Waals surface area contributed by atoms with Gasteiger partial charge in [-0.1, -0.05) is 12.1 Å². The van der Waals surface area contributed by atoms with Gasteiger partial charge in [0.2, 0.25) is 0 Å². The van der Waals surface area contributed by atoms with Gasteiger partial charge < -0.3 is 19.2 Å². The van der Waals surface area contributed by atoms with Crippen LogP contribution in [0, 0.1) is 5.92 Å². The molecule has 1 unspecified atom stereocenters. The van der Waals surface area contributed by atoms with E-state index >= 15 is 0 Å². The summed E-state index contributed by atoms with van der Waals surface area (Å²) in [5.74, 6) is 1.65. The van der Waals surface area contributed by atoms with Crippen LogP contribution < -0.4 is 5.32 Å². The second kappa shape index (κ2) is 7.85. The second-order valence-corrected chi connectivity index (χ2v) is 6.84. The van der Waals surface area contributed by atoms with E-state index in [-0.39, 0.29) is 6.04 Å². The van der Waals surface area contributed by atoms with E-state index in [1.807, 2.05) is 29.5 Å². The SMILES string of the molecule is Cn1ccnc1C(NCc1ccc(-n2ccnc2)cc1)C1CCOCC1. The van der Waals surface area contributed by atoms with Crippen molar-refractivity contribution in [2.75, 3.05) is 13.2 Å². The van der Waals surface area contributed by atoms with E-state index < -0.39 is 0 Å². The average molecular weight is 351 g/mol. The van der Waals surface area contributed by atoms with E-state index in [2.05, 4.69) is 51.2 Å². The monoisotopic (exact) mass is 351 g/mol. The minimum Gasteiger partial charge on any atom is -0.381 e. The molecule has 0 aliphatic carbocycles. The quantitative estimate of drug-likeness (QED) is 0.742. The molecule has 2 aromatic heterocycles. The van der Waals surface area contributed by atoms with Crippen LogP contribution in [0.2, 0.25) is 0 Å². The highest BCUT2D eigenvalue weighted by Crippen LogP contribution is 2.29. The average Bonchev–Trinajstić information content (AvgIpc) is 3.36. The molecule has 3 heterocycles. The lowest BCUT2D eigenvalue weighted by molar-refractivity contribution is 0.0518. The van der Waals surface area contributed by atoms with Gasteiger partial charge in [0, 0.05) is 57.3 Å². The number of rotatable bonds is 6. The van der Waals surface area contributed by atoms with E-state index in [1.54, 1.807) is 6.20 Å². The third-order valence-electron chi connectivity index (χ3n) is 5.14. The molecule has 1 aliphatic rings. The largest absolute Gasteiger partial charge is 0.381 e. The predicted octanol–water partition coefficient (Wildman–Crippen LogP) is 2.86. The van der Waals surface area contributed by atoms with Crippen molar-refractivity contribution in [3.63, 3.8) is 0 Å². The number of benzene rings is 1. The van der Waals surface area contributed by atoms with Crippen LogP contribution in [0.3, 0.4) is 0 Å². The Kier molecular flexibility index (Phi) is 5.13. The highest BCUT2D eigenvalue weighted by Gasteiger charge is 2.27. The zero-order chi connectivity index (χ0) is 17.8. The van der Waals surface area contributed by atoms with Crippen LogP contribution in [0.1, 0.15) is 30.3 Å². The van der Waals surface area contributed by atoms with Crippen molar-refractivity contribution in [3.8, 4) is 5.69 Å². The van der Waals surface area contributed by atoms with Crippen molar-refractivity contribution < 1.29 is 4.74 Å². The first kappa shape index (κ1) is 17.0. The lowest BCUT2D eigenvalue weighted by atomic mass is 9.91. The molecule has 1 N–H and O–H groups in total. The lowest BCUT2D eigenvalue weighted by Gasteiger charge is -2.30. The van der Waals surface area contributed by atoms with Crippen molar-refractivity contribution in [3.05, 3.63) is 66.8 Å². The molecule has 1 saturated heterocycles. The molecule has 0 amide bonds. The summed E-state index contributed by atoms with van der Waals surface area (Å²) in [6, 6.07) is 8.84. The van der Waals surface area contributed by atoms with E-state index in [0.717, 1.165) is 44.1 Å². The van der Waals surface area contributed by atoms with Gasteiger partial charge >= 0.3 is 0 Å². The molecule has 26 heavy (non-hydrogen) atoms. The highest BCUT2D eigenvalue weighted by atomic mass is 16.5. The number of ether oxygens (including phenoxy) is 1. The first-order chi connectivity index (χ1) is 12.8. The molecule has 1 aliphatic heterocycles. The molecule has 136 valence electrons. The number of aryl methyl sites for hydroxylation is 1. The molecular weight excluding hydrogens is 326 g/mol. The fraction of sp³-hybridized carbons (Fsp3) is 0.400. The van der Waals surface area contributed by atoms with E-state index in [0.29, 0.717) is 5.92 Å². The van der Waals surface area contributed by atoms with Gasteiger partial charge in [0.05, 0.1) is 12.4 Å². The van der Waals surface area contributed by atoms with Crippen LogP contribution in [0.15, 0.2) is 55.4 Å². The minimum atomic E-state index is 0.243.